The summed E-state index contributed by atoms with van der Waals surface area (Å²) >= 11 is 0. The van der Waals surface area contributed by atoms with E-state index in [9.17, 15) is 4.79 Å². The molecule has 0 aromatic rings. The molecule has 1 aliphatic rings. The van der Waals surface area contributed by atoms with E-state index in [1.54, 1.807) is 0 Å². The van der Waals surface area contributed by atoms with Crippen LogP contribution in [0.15, 0.2) is 4.99 Å². The number of aldehydes is 1. The fourth-order valence-electron chi connectivity index (χ4n) is 1.15. The molecular formula is C8H13NO2. The van der Waals surface area contributed by atoms with Gasteiger partial charge in [-0.2, -0.15) is 0 Å². The van der Waals surface area contributed by atoms with Crippen LogP contribution in [0.4, 0.5) is 0 Å². The summed E-state index contributed by atoms with van der Waals surface area (Å²) in [7, 11) is 0. The van der Waals surface area contributed by atoms with Crippen molar-refractivity contribution in [3.8, 4) is 0 Å². The zero-order chi connectivity index (χ0) is 8.48. The van der Waals surface area contributed by atoms with Crippen LogP contribution in [0, 0.1) is 5.41 Å². The molecular weight excluding hydrogens is 142 g/mol. The van der Waals surface area contributed by atoms with Crippen molar-refractivity contribution in [2.45, 2.75) is 32.9 Å². The molecule has 0 aromatic carbocycles. The highest BCUT2D eigenvalue weighted by molar-refractivity contribution is 5.66. The molecule has 0 N–H and O–H groups in total. The smallest absolute Gasteiger partial charge is 0.170 e. The lowest BCUT2D eigenvalue weighted by Crippen LogP contribution is -2.36. The van der Waals surface area contributed by atoms with E-state index in [0.717, 1.165) is 6.29 Å². The Morgan fingerprint density at radius 3 is 2.55 bits per heavy atom. The van der Waals surface area contributed by atoms with E-state index in [2.05, 4.69) is 4.99 Å². The standard InChI is InChI=1S/C8H13NO2/c1-8(2,3)7-6(4-10)9-5-11-7/h4-7H,1-3H3. The lowest BCUT2D eigenvalue weighted by atomic mass is 9.85. The predicted molar refractivity (Wildman–Crippen MR) is 42.7 cm³/mol. The highest BCUT2D eigenvalue weighted by Gasteiger charge is 2.36. The molecule has 0 radical (unpaired) electrons. The van der Waals surface area contributed by atoms with Gasteiger partial charge in [0, 0.05) is 5.41 Å². The normalized spacial score (nSPS) is 30.1. The first-order valence-corrected chi connectivity index (χ1v) is 3.68. The molecule has 1 heterocycles. The molecule has 11 heavy (non-hydrogen) atoms. The van der Waals surface area contributed by atoms with E-state index in [-0.39, 0.29) is 17.6 Å². The molecule has 2 atom stereocenters. The van der Waals surface area contributed by atoms with Crippen molar-refractivity contribution in [1.29, 1.82) is 0 Å². The topological polar surface area (TPSA) is 38.7 Å². The average Bonchev–Trinajstić information content (AvgIpc) is 2.31. The number of rotatable bonds is 1. The second-order valence-corrected chi connectivity index (χ2v) is 3.80. The Morgan fingerprint density at radius 2 is 2.18 bits per heavy atom. The Bertz CT molecular complexity index is 181. The Labute approximate surface area is 66.5 Å². The quantitative estimate of drug-likeness (QED) is 0.530. The summed E-state index contributed by atoms with van der Waals surface area (Å²) in [5.74, 6) is 0. The first-order valence-electron chi connectivity index (χ1n) is 3.68. The molecule has 0 saturated carbocycles. The summed E-state index contributed by atoms with van der Waals surface area (Å²) in [4.78, 5) is 14.4. The van der Waals surface area contributed by atoms with Gasteiger partial charge in [-0.1, -0.05) is 20.8 Å². The maximum atomic E-state index is 10.5. The van der Waals surface area contributed by atoms with Crippen molar-refractivity contribution >= 4 is 12.7 Å². The molecule has 0 saturated heterocycles. The van der Waals surface area contributed by atoms with Gasteiger partial charge in [0.25, 0.3) is 0 Å². The molecule has 1 aliphatic heterocycles. The predicted octanol–water partition coefficient (Wildman–Crippen LogP) is 1.03. The van der Waals surface area contributed by atoms with Crippen LogP contribution in [0.1, 0.15) is 20.8 Å². The summed E-state index contributed by atoms with van der Waals surface area (Å²) in [5, 5.41) is 0. The van der Waals surface area contributed by atoms with Crippen molar-refractivity contribution in [2.75, 3.05) is 0 Å². The molecule has 62 valence electrons. The maximum absolute atomic E-state index is 10.5. The summed E-state index contributed by atoms with van der Waals surface area (Å²) < 4.78 is 5.20. The van der Waals surface area contributed by atoms with Crippen LogP contribution in [0.3, 0.4) is 0 Å². The van der Waals surface area contributed by atoms with Gasteiger partial charge in [0.15, 0.2) is 6.40 Å². The second kappa shape index (κ2) is 2.64. The van der Waals surface area contributed by atoms with Gasteiger partial charge in [-0.25, -0.2) is 4.99 Å². The van der Waals surface area contributed by atoms with E-state index in [4.69, 9.17) is 4.74 Å². The van der Waals surface area contributed by atoms with Crippen LogP contribution >= 0.6 is 0 Å². The zero-order valence-electron chi connectivity index (χ0n) is 7.07. The van der Waals surface area contributed by atoms with Crippen molar-refractivity contribution in [1.82, 2.24) is 0 Å². The van der Waals surface area contributed by atoms with E-state index >= 15 is 0 Å². The summed E-state index contributed by atoms with van der Waals surface area (Å²) in [6.07, 6.45) is 2.11. The van der Waals surface area contributed by atoms with Crippen molar-refractivity contribution in [3.63, 3.8) is 0 Å². The highest BCUT2D eigenvalue weighted by Crippen LogP contribution is 2.27. The van der Waals surface area contributed by atoms with Gasteiger partial charge in [0.2, 0.25) is 0 Å². The van der Waals surface area contributed by atoms with Crippen LogP contribution in [0.2, 0.25) is 0 Å². The lowest BCUT2D eigenvalue weighted by molar-refractivity contribution is -0.111. The summed E-state index contributed by atoms with van der Waals surface area (Å²) in [6.45, 7) is 6.09. The maximum Gasteiger partial charge on any atom is 0.170 e. The second-order valence-electron chi connectivity index (χ2n) is 3.80. The van der Waals surface area contributed by atoms with Crippen molar-refractivity contribution in [3.05, 3.63) is 0 Å². The largest absolute Gasteiger partial charge is 0.477 e. The molecule has 0 aromatic heterocycles. The number of hydrogen-bond acceptors (Lipinski definition) is 3. The highest BCUT2D eigenvalue weighted by atomic mass is 16.5. The molecule has 3 nitrogen and oxygen atoms in total. The van der Waals surface area contributed by atoms with E-state index in [0.29, 0.717) is 0 Å². The van der Waals surface area contributed by atoms with Crippen LogP contribution in [-0.2, 0) is 9.53 Å². The minimum atomic E-state index is -0.310. The fourth-order valence-corrected chi connectivity index (χ4v) is 1.15. The van der Waals surface area contributed by atoms with Gasteiger partial charge in [-0.3, -0.25) is 0 Å². The van der Waals surface area contributed by atoms with Crippen LogP contribution in [0.25, 0.3) is 0 Å². The monoisotopic (exact) mass is 155 g/mol. The Morgan fingerprint density at radius 1 is 1.55 bits per heavy atom. The van der Waals surface area contributed by atoms with E-state index in [1.807, 2.05) is 20.8 Å². The third kappa shape index (κ3) is 1.59. The molecule has 0 amide bonds. The van der Waals surface area contributed by atoms with Crippen LogP contribution < -0.4 is 0 Å². The number of nitrogens with zero attached hydrogens (tertiary/aromatic N) is 1. The summed E-state index contributed by atoms with van der Waals surface area (Å²) in [6, 6.07) is -0.310. The number of carbonyl (C=O) groups is 1. The molecule has 0 fully saturated rings. The first-order chi connectivity index (χ1) is 5.05. The molecule has 0 spiro atoms. The van der Waals surface area contributed by atoms with Crippen molar-refractivity contribution < 1.29 is 9.53 Å². The Balaban J connectivity index is 2.68. The van der Waals surface area contributed by atoms with E-state index < -0.39 is 0 Å². The molecule has 2 unspecified atom stereocenters. The summed E-state index contributed by atoms with van der Waals surface area (Å²) in [5.41, 5.74) is -0.0257. The number of hydrogen-bond donors (Lipinski definition) is 0. The van der Waals surface area contributed by atoms with E-state index in [1.165, 1.54) is 6.40 Å². The van der Waals surface area contributed by atoms with Gasteiger partial charge in [0.05, 0.1) is 0 Å². The van der Waals surface area contributed by atoms with Gasteiger partial charge >= 0.3 is 0 Å². The fraction of sp³-hybridized carbons (Fsp3) is 0.750. The Kier molecular flexibility index (Phi) is 1.98. The Hall–Kier alpha value is -0.860. The molecule has 3 heteroatoms. The number of ether oxygens (including phenoxy) is 1. The SMILES string of the molecule is CC(C)(C)C1OC=NC1C=O. The lowest BCUT2D eigenvalue weighted by Gasteiger charge is -2.27. The molecule has 0 aliphatic carbocycles. The van der Waals surface area contributed by atoms with Gasteiger partial charge in [0.1, 0.15) is 18.4 Å². The number of carbonyl (C=O) groups excluding carboxylic acids is 1. The van der Waals surface area contributed by atoms with Crippen LogP contribution in [-0.4, -0.2) is 24.8 Å². The first kappa shape index (κ1) is 8.24. The zero-order valence-corrected chi connectivity index (χ0v) is 7.07. The third-order valence-corrected chi connectivity index (χ3v) is 1.74. The minimum Gasteiger partial charge on any atom is -0.477 e. The van der Waals surface area contributed by atoms with Crippen LogP contribution in [0.5, 0.6) is 0 Å². The van der Waals surface area contributed by atoms with Gasteiger partial charge in [-0.05, 0) is 0 Å². The van der Waals surface area contributed by atoms with Gasteiger partial charge in [-0.15, -0.1) is 0 Å². The third-order valence-electron chi connectivity index (χ3n) is 1.74. The number of aliphatic imine (C=N–C) groups is 1. The molecule has 0 bridgehead atoms. The molecule has 1 rings (SSSR count). The minimum absolute atomic E-state index is 0.0257. The average molecular weight is 155 g/mol. The van der Waals surface area contributed by atoms with Crippen molar-refractivity contribution in [2.24, 2.45) is 10.4 Å². The van der Waals surface area contributed by atoms with Gasteiger partial charge < -0.3 is 9.53 Å².